The summed E-state index contributed by atoms with van der Waals surface area (Å²) in [7, 11) is 0. The van der Waals surface area contributed by atoms with E-state index in [-0.39, 0.29) is 5.91 Å². The minimum absolute atomic E-state index is 0.0517. The van der Waals surface area contributed by atoms with Crippen LogP contribution in [0.15, 0.2) is 24.3 Å². The highest BCUT2D eigenvalue weighted by Crippen LogP contribution is 2.24. The van der Waals surface area contributed by atoms with Gasteiger partial charge in [0.15, 0.2) is 5.69 Å². The summed E-state index contributed by atoms with van der Waals surface area (Å²) in [5.41, 5.74) is 1.47. The lowest BCUT2D eigenvalue weighted by Crippen LogP contribution is -2.42. The summed E-state index contributed by atoms with van der Waals surface area (Å²) in [5, 5.41) is 8.05. The van der Waals surface area contributed by atoms with Gasteiger partial charge in [-0.05, 0) is 24.3 Å². The number of para-hydroxylation sites is 1. The molecule has 1 aromatic carbocycles. The first-order valence-corrected chi connectivity index (χ1v) is 6.87. The standard InChI is InChI=1S/C15H19N3O/c1-10-7-11(2)9-18(8-10)15(19)14-12-5-3-4-6-13(12)16-17-14/h3-6,10-11H,7-9H2,1-2H3,(H,16,17). The van der Waals surface area contributed by atoms with Gasteiger partial charge in [0.2, 0.25) is 0 Å². The molecule has 1 fully saturated rings. The molecule has 100 valence electrons. The van der Waals surface area contributed by atoms with E-state index >= 15 is 0 Å². The number of hydrogen-bond acceptors (Lipinski definition) is 2. The average Bonchev–Trinajstić information content (AvgIpc) is 2.80. The van der Waals surface area contributed by atoms with Gasteiger partial charge in [-0.15, -0.1) is 0 Å². The van der Waals surface area contributed by atoms with Crippen LogP contribution in [0.4, 0.5) is 0 Å². The SMILES string of the molecule is CC1CC(C)CN(C(=O)c2n[nH]c3ccccc23)C1. The molecule has 0 bridgehead atoms. The van der Waals surface area contributed by atoms with Crippen molar-refractivity contribution in [2.24, 2.45) is 11.8 Å². The molecule has 2 heterocycles. The molecule has 2 atom stereocenters. The molecule has 0 spiro atoms. The number of nitrogens with one attached hydrogen (secondary N) is 1. The van der Waals surface area contributed by atoms with Crippen LogP contribution in [0.25, 0.3) is 10.9 Å². The first-order valence-electron chi connectivity index (χ1n) is 6.87. The van der Waals surface area contributed by atoms with Crippen LogP contribution in [0.2, 0.25) is 0 Å². The van der Waals surface area contributed by atoms with Gasteiger partial charge in [0.1, 0.15) is 0 Å². The minimum atomic E-state index is 0.0517. The van der Waals surface area contributed by atoms with Crippen molar-refractivity contribution < 1.29 is 4.79 Å². The molecule has 4 heteroatoms. The summed E-state index contributed by atoms with van der Waals surface area (Å²) in [5.74, 6) is 1.19. The van der Waals surface area contributed by atoms with E-state index in [1.165, 1.54) is 6.42 Å². The zero-order valence-electron chi connectivity index (χ0n) is 11.4. The van der Waals surface area contributed by atoms with Crippen LogP contribution in [0.3, 0.4) is 0 Å². The predicted molar refractivity (Wildman–Crippen MR) is 74.9 cm³/mol. The number of rotatable bonds is 1. The van der Waals surface area contributed by atoms with Crippen molar-refractivity contribution in [3.8, 4) is 0 Å². The Morgan fingerprint density at radius 2 is 1.95 bits per heavy atom. The maximum Gasteiger partial charge on any atom is 0.275 e. The van der Waals surface area contributed by atoms with Gasteiger partial charge in [-0.1, -0.05) is 32.0 Å². The molecule has 1 saturated heterocycles. The molecular weight excluding hydrogens is 238 g/mol. The van der Waals surface area contributed by atoms with E-state index in [4.69, 9.17) is 0 Å². The largest absolute Gasteiger partial charge is 0.337 e. The Hall–Kier alpha value is -1.84. The zero-order chi connectivity index (χ0) is 13.4. The number of aromatic amines is 1. The molecule has 1 aliphatic heterocycles. The van der Waals surface area contributed by atoms with Crippen LogP contribution < -0.4 is 0 Å². The third-order valence-corrected chi connectivity index (χ3v) is 3.83. The monoisotopic (exact) mass is 257 g/mol. The van der Waals surface area contributed by atoms with E-state index in [1.807, 2.05) is 29.2 Å². The molecule has 2 unspecified atom stereocenters. The van der Waals surface area contributed by atoms with E-state index in [9.17, 15) is 4.79 Å². The molecule has 4 nitrogen and oxygen atoms in total. The number of piperidine rings is 1. The van der Waals surface area contributed by atoms with E-state index in [0.29, 0.717) is 17.5 Å². The molecule has 1 aliphatic rings. The molecule has 19 heavy (non-hydrogen) atoms. The quantitative estimate of drug-likeness (QED) is 0.854. The van der Waals surface area contributed by atoms with Crippen molar-refractivity contribution in [1.29, 1.82) is 0 Å². The third-order valence-electron chi connectivity index (χ3n) is 3.83. The fourth-order valence-electron chi connectivity index (χ4n) is 3.11. The van der Waals surface area contributed by atoms with Crippen molar-refractivity contribution in [3.63, 3.8) is 0 Å². The van der Waals surface area contributed by atoms with Crippen molar-refractivity contribution >= 4 is 16.8 Å². The maximum absolute atomic E-state index is 12.6. The lowest BCUT2D eigenvalue weighted by atomic mass is 9.91. The minimum Gasteiger partial charge on any atom is -0.337 e. The smallest absolute Gasteiger partial charge is 0.275 e. The number of benzene rings is 1. The number of carbonyl (C=O) groups excluding carboxylic acids is 1. The predicted octanol–water partition coefficient (Wildman–Crippen LogP) is 2.68. The number of carbonyl (C=O) groups is 1. The second kappa shape index (κ2) is 4.68. The Bertz CT molecular complexity index is 594. The second-order valence-corrected chi connectivity index (χ2v) is 5.77. The van der Waals surface area contributed by atoms with Gasteiger partial charge < -0.3 is 4.90 Å². The molecular formula is C15H19N3O. The Kier molecular flexibility index (Phi) is 3.01. The molecule has 3 rings (SSSR count). The van der Waals surface area contributed by atoms with Gasteiger partial charge in [0, 0.05) is 18.5 Å². The molecule has 0 aliphatic carbocycles. The molecule has 0 radical (unpaired) electrons. The Labute approximate surface area is 112 Å². The first-order chi connectivity index (χ1) is 9.15. The van der Waals surface area contributed by atoms with E-state index in [2.05, 4.69) is 24.0 Å². The third kappa shape index (κ3) is 2.23. The van der Waals surface area contributed by atoms with Crippen LogP contribution in [0, 0.1) is 11.8 Å². The van der Waals surface area contributed by atoms with E-state index < -0.39 is 0 Å². The molecule has 2 aromatic rings. The van der Waals surface area contributed by atoms with Crippen molar-refractivity contribution in [3.05, 3.63) is 30.0 Å². The molecule has 1 N–H and O–H groups in total. The van der Waals surface area contributed by atoms with Crippen LogP contribution in [0.5, 0.6) is 0 Å². The highest BCUT2D eigenvalue weighted by Gasteiger charge is 2.28. The van der Waals surface area contributed by atoms with E-state index in [0.717, 1.165) is 24.0 Å². The summed E-state index contributed by atoms with van der Waals surface area (Å²) in [6.07, 6.45) is 1.20. The lowest BCUT2D eigenvalue weighted by Gasteiger charge is -2.34. The fraction of sp³-hybridized carbons (Fsp3) is 0.467. The van der Waals surface area contributed by atoms with Gasteiger partial charge in [-0.25, -0.2) is 0 Å². The normalized spacial score (nSPS) is 23.8. The second-order valence-electron chi connectivity index (χ2n) is 5.77. The number of nitrogens with zero attached hydrogens (tertiary/aromatic N) is 2. The summed E-state index contributed by atoms with van der Waals surface area (Å²) >= 11 is 0. The van der Waals surface area contributed by atoms with Crippen LogP contribution >= 0.6 is 0 Å². The summed E-state index contributed by atoms with van der Waals surface area (Å²) in [4.78, 5) is 14.6. The van der Waals surface area contributed by atoms with E-state index in [1.54, 1.807) is 0 Å². The Morgan fingerprint density at radius 3 is 2.68 bits per heavy atom. The van der Waals surface area contributed by atoms with Crippen molar-refractivity contribution in [2.75, 3.05) is 13.1 Å². The maximum atomic E-state index is 12.6. The van der Waals surface area contributed by atoms with Crippen LogP contribution in [-0.2, 0) is 0 Å². The number of likely N-dealkylation sites (tertiary alicyclic amines) is 1. The average molecular weight is 257 g/mol. The van der Waals surface area contributed by atoms with Gasteiger partial charge in [0.25, 0.3) is 5.91 Å². The highest BCUT2D eigenvalue weighted by molar-refractivity contribution is 6.04. The number of H-pyrrole nitrogens is 1. The fourth-order valence-corrected chi connectivity index (χ4v) is 3.11. The van der Waals surface area contributed by atoms with Gasteiger partial charge in [-0.3, -0.25) is 9.89 Å². The zero-order valence-corrected chi connectivity index (χ0v) is 11.4. The number of amides is 1. The molecule has 1 aromatic heterocycles. The summed E-state index contributed by atoms with van der Waals surface area (Å²) in [6.45, 7) is 6.09. The lowest BCUT2D eigenvalue weighted by molar-refractivity contribution is 0.0619. The van der Waals surface area contributed by atoms with Crippen LogP contribution in [0.1, 0.15) is 30.8 Å². The van der Waals surface area contributed by atoms with Gasteiger partial charge >= 0.3 is 0 Å². The number of hydrogen-bond donors (Lipinski definition) is 1. The van der Waals surface area contributed by atoms with Gasteiger partial charge in [0.05, 0.1) is 5.52 Å². The summed E-state index contributed by atoms with van der Waals surface area (Å²) in [6, 6.07) is 7.78. The summed E-state index contributed by atoms with van der Waals surface area (Å²) < 4.78 is 0. The van der Waals surface area contributed by atoms with Gasteiger partial charge in [-0.2, -0.15) is 5.10 Å². The highest BCUT2D eigenvalue weighted by atomic mass is 16.2. The van der Waals surface area contributed by atoms with Crippen molar-refractivity contribution in [2.45, 2.75) is 20.3 Å². The van der Waals surface area contributed by atoms with Crippen LogP contribution in [-0.4, -0.2) is 34.1 Å². The first kappa shape index (κ1) is 12.2. The number of fused-ring (bicyclic) bond motifs is 1. The Balaban J connectivity index is 1.91. The number of aromatic nitrogens is 2. The molecule has 1 amide bonds. The van der Waals surface area contributed by atoms with Crippen molar-refractivity contribution in [1.82, 2.24) is 15.1 Å². The topological polar surface area (TPSA) is 49.0 Å². The Morgan fingerprint density at radius 1 is 1.26 bits per heavy atom. The molecule has 0 saturated carbocycles.